The van der Waals surface area contributed by atoms with E-state index in [-0.39, 0.29) is 0 Å². The maximum absolute atomic E-state index is 10.2. The minimum Gasteiger partial charge on any atom is -0.385 e. The van der Waals surface area contributed by atoms with E-state index < -0.39 is 11.7 Å². The topological polar surface area (TPSA) is 55.2 Å². The molecule has 1 unspecified atom stereocenters. The number of ether oxygens (including phenoxy) is 1. The molecule has 0 amide bonds. The van der Waals surface area contributed by atoms with Gasteiger partial charge in [-0.15, -0.1) is 0 Å². The van der Waals surface area contributed by atoms with Crippen molar-refractivity contribution in [2.45, 2.75) is 38.4 Å². The van der Waals surface area contributed by atoms with Gasteiger partial charge in [0.2, 0.25) is 0 Å². The van der Waals surface area contributed by atoms with Crippen LogP contribution >= 0.6 is 0 Å². The van der Waals surface area contributed by atoms with Crippen molar-refractivity contribution < 1.29 is 9.84 Å². The first-order chi connectivity index (χ1) is 7.20. The molecule has 0 spiro atoms. The summed E-state index contributed by atoms with van der Waals surface area (Å²) in [5.41, 5.74) is 0.160. The summed E-state index contributed by atoms with van der Waals surface area (Å²) in [6.07, 6.45) is 5.50. The van der Waals surface area contributed by atoms with Crippen molar-refractivity contribution in [1.29, 1.82) is 0 Å². The van der Waals surface area contributed by atoms with E-state index in [4.69, 9.17) is 4.74 Å². The van der Waals surface area contributed by atoms with E-state index >= 15 is 0 Å². The van der Waals surface area contributed by atoms with Crippen LogP contribution in [-0.2, 0) is 4.74 Å². The van der Waals surface area contributed by atoms with E-state index in [1.54, 1.807) is 19.5 Å². The second-order valence-electron chi connectivity index (χ2n) is 3.55. The van der Waals surface area contributed by atoms with Crippen molar-refractivity contribution in [3.05, 3.63) is 24.3 Å². The second kappa shape index (κ2) is 5.19. The van der Waals surface area contributed by atoms with Gasteiger partial charge in [0.05, 0.1) is 5.60 Å². The van der Waals surface area contributed by atoms with Gasteiger partial charge in [0.25, 0.3) is 0 Å². The molecule has 0 radical (unpaired) electrons. The van der Waals surface area contributed by atoms with Crippen LogP contribution in [0.1, 0.15) is 38.4 Å². The monoisotopic (exact) mass is 210 g/mol. The van der Waals surface area contributed by atoms with E-state index in [9.17, 15) is 5.11 Å². The fraction of sp³-hybridized carbons (Fsp3) is 0.636. The van der Waals surface area contributed by atoms with E-state index in [2.05, 4.69) is 9.97 Å². The molecule has 1 rings (SSSR count). The van der Waals surface area contributed by atoms with Crippen LogP contribution < -0.4 is 0 Å². The Morgan fingerprint density at radius 3 is 2.27 bits per heavy atom. The molecular weight excluding hydrogens is 192 g/mol. The van der Waals surface area contributed by atoms with Crippen LogP contribution in [0.15, 0.2) is 18.7 Å². The Balaban J connectivity index is 2.95. The normalized spacial score (nSPS) is 13.9. The minimum absolute atomic E-state index is 0.537. The zero-order chi connectivity index (χ0) is 11.3. The molecule has 0 fully saturated rings. The Hall–Kier alpha value is -1.00. The summed E-state index contributed by atoms with van der Waals surface area (Å²) in [7, 11) is 1.63. The summed E-state index contributed by atoms with van der Waals surface area (Å²) < 4.78 is 5.45. The van der Waals surface area contributed by atoms with Gasteiger partial charge in [0.1, 0.15) is 12.4 Å². The summed E-state index contributed by atoms with van der Waals surface area (Å²) >= 11 is 0. The summed E-state index contributed by atoms with van der Waals surface area (Å²) in [5.74, 6) is 0. The quantitative estimate of drug-likeness (QED) is 0.804. The van der Waals surface area contributed by atoms with Crippen LogP contribution in [0.4, 0.5) is 0 Å². The number of nitrogens with zero attached hydrogens (tertiary/aromatic N) is 2. The van der Waals surface area contributed by atoms with Crippen LogP contribution in [0.3, 0.4) is 0 Å². The number of aliphatic hydroxyl groups is 1. The molecule has 1 N–H and O–H groups in total. The predicted octanol–water partition coefficient (Wildman–Crippen LogP) is 1.72. The highest BCUT2D eigenvalue weighted by Gasteiger charge is 2.35. The third kappa shape index (κ3) is 2.33. The molecule has 0 aromatic carbocycles. The van der Waals surface area contributed by atoms with Crippen LogP contribution in [-0.4, -0.2) is 27.8 Å². The highest BCUT2D eigenvalue weighted by atomic mass is 16.5. The smallest absolute Gasteiger partial charge is 0.115 e. The van der Waals surface area contributed by atoms with Crippen LogP contribution in [0.25, 0.3) is 0 Å². The lowest BCUT2D eigenvalue weighted by Gasteiger charge is -2.35. The molecule has 4 heteroatoms. The third-order valence-corrected chi connectivity index (χ3v) is 3.00. The van der Waals surface area contributed by atoms with Gasteiger partial charge in [-0.05, 0) is 12.8 Å². The zero-order valence-electron chi connectivity index (χ0n) is 9.47. The van der Waals surface area contributed by atoms with Crippen LogP contribution in [0.5, 0.6) is 0 Å². The van der Waals surface area contributed by atoms with E-state index in [1.807, 2.05) is 13.8 Å². The summed E-state index contributed by atoms with van der Waals surface area (Å²) in [5, 5.41) is 10.2. The Labute approximate surface area is 90.3 Å². The van der Waals surface area contributed by atoms with Gasteiger partial charge in [-0.1, -0.05) is 13.8 Å². The molecule has 1 atom stereocenters. The number of rotatable bonds is 5. The number of aliphatic hydroxyl groups excluding tert-OH is 1. The van der Waals surface area contributed by atoms with Gasteiger partial charge < -0.3 is 9.84 Å². The molecule has 4 nitrogen and oxygen atoms in total. The third-order valence-electron chi connectivity index (χ3n) is 3.00. The van der Waals surface area contributed by atoms with Gasteiger partial charge >= 0.3 is 0 Å². The lowest BCUT2D eigenvalue weighted by atomic mass is 9.87. The SMILES string of the molecule is CCC(CC)(OC)C(O)c1cncnc1. The molecule has 1 aromatic rings. The van der Waals surface area contributed by atoms with Gasteiger partial charge in [0.15, 0.2) is 0 Å². The van der Waals surface area contributed by atoms with Crippen molar-refractivity contribution in [2.24, 2.45) is 0 Å². The van der Waals surface area contributed by atoms with Crippen molar-refractivity contribution in [1.82, 2.24) is 9.97 Å². The number of methoxy groups -OCH3 is 1. The molecule has 1 aromatic heterocycles. The summed E-state index contributed by atoms with van der Waals surface area (Å²) in [6.45, 7) is 4.00. The fourth-order valence-corrected chi connectivity index (χ4v) is 1.79. The van der Waals surface area contributed by atoms with Crippen LogP contribution in [0, 0.1) is 0 Å². The second-order valence-corrected chi connectivity index (χ2v) is 3.55. The van der Waals surface area contributed by atoms with Crippen molar-refractivity contribution in [3.63, 3.8) is 0 Å². The number of hydrogen-bond acceptors (Lipinski definition) is 4. The Bertz CT molecular complexity index is 278. The maximum atomic E-state index is 10.2. The molecule has 0 saturated heterocycles. The van der Waals surface area contributed by atoms with E-state index in [0.717, 1.165) is 12.8 Å². The summed E-state index contributed by atoms with van der Waals surface area (Å²) in [4.78, 5) is 7.79. The Kier molecular flexibility index (Phi) is 4.17. The van der Waals surface area contributed by atoms with Crippen LogP contribution in [0.2, 0.25) is 0 Å². The zero-order valence-corrected chi connectivity index (χ0v) is 9.47. The molecule has 0 bridgehead atoms. The molecule has 0 aliphatic rings. The van der Waals surface area contributed by atoms with Crippen molar-refractivity contribution >= 4 is 0 Å². The molecular formula is C11H18N2O2. The molecule has 15 heavy (non-hydrogen) atoms. The van der Waals surface area contributed by atoms with E-state index in [1.165, 1.54) is 6.33 Å². The highest BCUT2D eigenvalue weighted by molar-refractivity contribution is 5.12. The van der Waals surface area contributed by atoms with Gasteiger partial charge in [-0.2, -0.15) is 0 Å². The highest BCUT2D eigenvalue weighted by Crippen LogP contribution is 2.33. The summed E-state index contributed by atoms with van der Waals surface area (Å²) in [6, 6.07) is 0. The minimum atomic E-state index is -0.682. The largest absolute Gasteiger partial charge is 0.385 e. The van der Waals surface area contributed by atoms with Crippen molar-refractivity contribution in [3.8, 4) is 0 Å². The van der Waals surface area contributed by atoms with Gasteiger partial charge in [-0.3, -0.25) is 0 Å². The molecule has 0 saturated carbocycles. The molecule has 84 valence electrons. The fourth-order valence-electron chi connectivity index (χ4n) is 1.79. The predicted molar refractivity (Wildman–Crippen MR) is 57.3 cm³/mol. The average molecular weight is 210 g/mol. The molecule has 0 aliphatic heterocycles. The first-order valence-electron chi connectivity index (χ1n) is 5.18. The first-order valence-corrected chi connectivity index (χ1v) is 5.18. The first kappa shape index (κ1) is 12.1. The Morgan fingerprint density at radius 2 is 1.87 bits per heavy atom. The van der Waals surface area contributed by atoms with E-state index in [0.29, 0.717) is 5.56 Å². The van der Waals surface area contributed by atoms with Gasteiger partial charge in [0, 0.05) is 25.1 Å². The lowest BCUT2D eigenvalue weighted by molar-refractivity contribution is -0.110. The average Bonchev–Trinajstić information content (AvgIpc) is 2.33. The molecule has 1 heterocycles. The standard InChI is InChI=1S/C11H18N2O2/c1-4-11(5-2,15-3)10(14)9-6-12-8-13-7-9/h6-8,10,14H,4-5H2,1-3H3. The number of hydrogen-bond donors (Lipinski definition) is 1. The lowest BCUT2D eigenvalue weighted by Crippen LogP contribution is -2.37. The van der Waals surface area contributed by atoms with Gasteiger partial charge in [-0.25, -0.2) is 9.97 Å². The number of aromatic nitrogens is 2. The van der Waals surface area contributed by atoms with Crippen molar-refractivity contribution in [2.75, 3.05) is 7.11 Å². The Morgan fingerprint density at radius 1 is 1.33 bits per heavy atom. The maximum Gasteiger partial charge on any atom is 0.115 e. The molecule has 0 aliphatic carbocycles.